The van der Waals surface area contributed by atoms with Crippen molar-refractivity contribution in [2.45, 2.75) is 13.3 Å². The molecule has 0 saturated heterocycles. The first-order valence-corrected chi connectivity index (χ1v) is 6.59. The monoisotopic (exact) mass is 343 g/mol. The maximum Gasteiger partial charge on any atom is 0.257 e. The lowest BCUT2D eigenvalue weighted by atomic mass is 10.1. The number of hydrogen-bond donors (Lipinski definition) is 1. The minimum absolute atomic E-state index is 0.0571. The summed E-state index contributed by atoms with van der Waals surface area (Å²) in [6.45, 7) is 3.44. The second-order valence-corrected chi connectivity index (χ2v) is 5.46. The maximum atomic E-state index is 12.2. The molecule has 17 heavy (non-hydrogen) atoms. The van der Waals surface area contributed by atoms with E-state index in [0.717, 1.165) is 16.5 Å². The molecule has 0 aromatic heterocycles. The molecule has 0 bridgehead atoms. The van der Waals surface area contributed by atoms with Gasteiger partial charge in [-0.05, 0) is 54.1 Å². The van der Waals surface area contributed by atoms with Crippen LogP contribution in [0.3, 0.4) is 0 Å². The van der Waals surface area contributed by atoms with Gasteiger partial charge in [0.05, 0.1) is 5.56 Å². The highest BCUT2D eigenvalue weighted by molar-refractivity contribution is 14.1. The number of phenols is 1. The van der Waals surface area contributed by atoms with Gasteiger partial charge in [-0.15, -0.1) is 0 Å². The highest BCUT2D eigenvalue weighted by atomic mass is 127. The molecule has 1 N–H and O–H groups in total. The largest absolute Gasteiger partial charge is 0.507 e. The molecule has 3 nitrogen and oxygen atoms in total. The van der Waals surface area contributed by atoms with Gasteiger partial charge in [-0.3, -0.25) is 4.79 Å². The van der Waals surface area contributed by atoms with E-state index in [4.69, 9.17) is 0 Å². The lowest BCUT2D eigenvalue weighted by Gasteiger charge is -2.25. The Labute approximate surface area is 114 Å². The summed E-state index contributed by atoms with van der Waals surface area (Å²) in [5, 5.41) is 9.72. The van der Waals surface area contributed by atoms with Crippen molar-refractivity contribution < 1.29 is 9.90 Å². The lowest BCUT2D eigenvalue weighted by Crippen LogP contribution is -2.34. The van der Waals surface area contributed by atoms with E-state index in [2.05, 4.69) is 35.6 Å². The van der Waals surface area contributed by atoms with Crippen molar-refractivity contribution in [2.75, 3.05) is 13.1 Å². The number of carbonyl (C=O) groups is 1. The van der Waals surface area contributed by atoms with Gasteiger partial charge in [0.1, 0.15) is 5.75 Å². The average Bonchev–Trinajstić information content (AvgIpc) is 2.32. The number of benzene rings is 1. The number of rotatable bonds is 1. The van der Waals surface area contributed by atoms with E-state index in [-0.39, 0.29) is 11.7 Å². The Hall–Kier alpha value is -1.04. The SMILES string of the molecule is CC1=CCN(C(=O)c2cc(I)ccc2O)CC1. The zero-order valence-corrected chi connectivity index (χ0v) is 11.8. The molecule has 1 aromatic carbocycles. The Kier molecular flexibility index (Phi) is 3.71. The number of phenolic OH excluding ortho intramolecular Hbond substituents is 1. The van der Waals surface area contributed by atoms with Crippen LogP contribution in [0.25, 0.3) is 0 Å². The van der Waals surface area contributed by atoms with Crippen molar-refractivity contribution in [3.05, 3.63) is 39.0 Å². The Morgan fingerprint density at radius 3 is 2.88 bits per heavy atom. The summed E-state index contributed by atoms with van der Waals surface area (Å²) < 4.78 is 0.951. The van der Waals surface area contributed by atoms with Crippen molar-refractivity contribution in [1.29, 1.82) is 0 Å². The van der Waals surface area contributed by atoms with Gasteiger partial charge in [0.25, 0.3) is 5.91 Å². The van der Waals surface area contributed by atoms with E-state index in [1.807, 2.05) is 0 Å². The minimum Gasteiger partial charge on any atom is -0.507 e. The molecule has 1 aliphatic rings. The summed E-state index contributed by atoms with van der Waals surface area (Å²) >= 11 is 2.14. The van der Waals surface area contributed by atoms with Crippen LogP contribution in [0.15, 0.2) is 29.8 Å². The summed E-state index contributed by atoms with van der Waals surface area (Å²) in [6, 6.07) is 5.08. The summed E-state index contributed by atoms with van der Waals surface area (Å²) in [4.78, 5) is 14.0. The molecular weight excluding hydrogens is 329 g/mol. The molecule has 0 saturated carbocycles. The third kappa shape index (κ3) is 2.80. The van der Waals surface area contributed by atoms with Crippen molar-refractivity contribution in [3.8, 4) is 5.75 Å². The van der Waals surface area contributed by atoms with Gasteiger partial charge in [0, 0.05) is 16.7 Å². The Morgan fingerprint density at radius 1 is 1.47 bits per heavy atom. The number of carbonyl (C=O) groups excluding carboxylic acids is 1. The maximum absolute atomic E-state index is 12.2. The first-order valence-electron chi connectivity index (χ1n) is 5.51. The normalized spacial score (nSPS) is 15.6. The van der Waals surface area contributed by atoms with Gasteiger partial charge in [0.2, 0.25) is 0 Å². The third-order valence-electron chi connectivity index (χ3n) is 2.91. The number of aromatic hydroxyl groups is 1. The van der Waals surface area contributed by atoms with E-state index in [9.17, 15) is 9.90 Å². The van der Waals surface area contributed by atoms with Crippen LogP contribution in [-0.4, -0.2) is 29.0 Å². The Morgan fingerprint density at radius 2 is 2.24 bits per heavy atom. The highest BCUT2D eigenvalue weighted by Gasteiger charge is 2.20. The fourth-order valence-corrected chi connectivity index (χ4v) is 2.30. The van der Waals surface area contributed by atoms with Crippen molar-refractivity contribution >= 4 is 28.5 Å². The average molecular weight is 343 g/mol. The zero-order valence-electron chi connectivity index (χ0n) is 9.61. The first kappa shape index (κ1) is 12.4. The van der Waals surface area contributed by atoms with E-state index in [1.165, 1.54) is 5.57 Å². The number of halogens is 1. The molecule has 2 rings (SSSR count). The second-order valence-electron chi connectivity index (χ2n) is 4.21. The van der Waals surface area contributed by atoms with E-state index in [1.54, 1.807) is 23.1 Å². The molecule has 90 valence electrons. The fraction of sp³-hybridized carbons (Fsp3) is 0.308. The molecule has 0 unspecified atom stereocenters. The summed E-state index contributed by atoms with van der Waals surface area (Å²) in [5.41, 5.74) is 1.71. The summed E-state index contributed by atoms with van der Waals surface area (Å²) in [6.07, 6.45) is 2.97. The molecule has 1 aromatic rings. The minimum atomic E-state index is -0.0928. The van der Waals surface area contributed by atoms with Crippen LogP contribution < -0.4 is 0 Å². The van der Waals surface area contributed by atoms with Gasteiger partial charge < -0.3 is 10.0 Å². The molecule has 0 spiro atoms. The molecule has 0 fully saturated rings. The second kappa shape index (κ2) is 5.08. The topological polar surface area (TPSA) is 40.5 Å². The smallest absolute Gasteiger partial charge is 0.257 e. The molecule has 1 aliphatic heterocycles. The van der Waals surface area contributed by atoms with Crippen LogP contribution in [0.5, 0.6) is 5.75 Å². The standard InChI is InChI=1S/C13H14INO2/c1-9-4-6-15(7-5-9)13(17)11-8-10(14)2-3-12(11)16/h2-4,8,16H,5-7H2,1H3. The number of nitrogens with zero attached hydrogens (tertiary/aromatic N) is 1. The molecule has 0 aliphatic carbocycles. The summed E-state index contributed by atoms with van der Waals surface area (Å²) in [5.74, 6) is -0.0357. The zero-order chi connectivity index (χ0) is 12.4. The van der Waals surface area contributed by atoms with E-state index in [0.29, 0.717) is 12.1 Å². The van der Waals surface area contributed by atoms with Gasteiger partial charge in [0.15, 0.2) is 0 Å². The van der Waals surface area contributed by atoms with Crippen LogP contribution in [0.4, 0.5) is 0 Å². The van der Waals surface area contributed by atoms with Gasteiger partial charge in [-0.2, -0.15) is 0 Å². The Balaban J connectivity index is 2.23. The van der Waals surface area contributed by atoms with Gasteiger partial charge in [-0.25, -0.2) is 0 Å². The predicted molar refractivity (Wildman–Crippen MR) is 75.1 cm³/mol. The molecule has 0 atom stereocenters. The molecule has 1 amide bonds. The number of hydrogen-bond acceptors (Lipinski definition) is 2. The highest BCUT2D eigenvalue weighted by Crippen LogP contribution is 2.22. The Bertz CT molecular complexity index is 482. The molecule has 0 radical (unpaired) electrons. The molecule has 1 heterocycles. The molecular formula is C13H14INO2. The number of amides is 1. The van der Waals surface area contributed by atoms with Crippen LogP contribution >= 0.6 is 22.6 Å². The van der Waals surface area contributed by atoms with Crippen LogP contribution in [0.1, 0.15) is 23.7 Å². The van der Waals surface area contributed by atoms with Crippen LogP contribution in [0, 0.1) is 3.57 Å². The van der Waals surface area contributed by atoms with Crippen LogP contribution in [0.2, 0.25) is 0 Å². The third-order valence-corrected chi connectivity index (χ3v) is 3.58. The van der Waals surface area contributed by atoms with E-state index < -0.39 is 0 Å². The van der Waals surface area contributed by atoms with E-state index >= 15 is 0 Å². The van der Waals surface area contributed by atoms with Crippen molar-refractivity contribution in [3.63, 3.8) is 0 Å². The summed E-state index contributed by atoms with van der Waals surface area (Å²) in [7, 11) is 0. The van der Waals surface area contributed by atoms with Crippen LogP contribution in [-0.2, 0) is 0 Å². The van der Waals surface area contributed by atoms with Gasteiger partial charge in [-0.1, -0.05) is 11.6 Å². The van der Waals surface area contributed by atoms with Crippen molar-refractivity contribution in [1.82, 2.24) is 4.90 Å². The lowest BCUT2D eigenvalue weighted by molar-refractivity contribution is 0.0766. The quantitative estimate of drug-likeness (QED) is 0.629. The van der Waals surface area contributed by atoms with Crippen molar-refractivity contribution in [2.24, 2.45) is 0 Å². The predicted octanol–water partition coefficient (Wildman–Crippen LogP) is 2.79. The first-order chi connectivity index (χ1) is 8.08. The fourth-order valence-electron chi connectivity index (χ4n) is 1.81. The van der Waals surface area contributed by atoms with Gasteiger partial charge >= 0.3 is 0 Å². The molecule has 4 heteroatoms.